The Labute approximate surface area is 94.7 Å². The maximum Gasteiger partial charge on any atom is 0.321 e. The van der Waals surface area contributed by atoms with Gasteiger partial charge < -0.3 is 5.32 Å². The second-order valence-electron chi connectivity index (χ2n) is 4.11. The molecule has 0 saturated heterocycles. The van der Waals surface area contributed by atoms with Gasteiger partial charge in [0.1, 0.15) is 5.88 Å². The SMILES string of the molecule is CCCC1(CNC(=O)NC(=O)CCl)CC1. The highest BCUT2D eigenvalue weighted by Gasteiger charge is 2.41. The van der Waals surface area contributed by atoms with Gasteiger partial charge in [0.05, 0.1) is 0 Å². The Hall–Kier alpha value is -0.770. The highest BCUT2D eigenvalue weighted by Crippen LogP contribution is 2.48. The number of hydrogen-bond donors (Lipinski definition) is 2. The lowest BCUT2D eigenvalue weighted by Crippen LogP contribution is -2.42. The molecule has 5 heteroatoms. The monoisotopic (exact) mass is 232 g/mol. The lowest BCUT2D eigenvalue weighted by atomic mass is 10.0. The van der Waals surface area contributed by atoms with E-state index in [1.165, 1.54) is 12.8 Å². The van der Waals surface area contributed by atoms with E-state index in [9.17, 15) is 9.59 Å². The predicted molar refractivity (Wildman–Crippen MR) is 58.8 cm³/mol. The summed E-state index contributed by atoms with van der Waals surface area (Å²) in [7, 11) is 0. The minimum Gasteiger partial charge on any atom is -0.337 e. The molecule has 0 radical (unpaired) electrons. The number of halogens is 1. The van der Waals surface area contributed by atoms with Gasteiger partial charge in [0.25, 0.3) is 0 Å². The zero-order valence-corrected chi connectivity index (χ0v) is 9.69. The lowest BCUT2D eigenvalue weighted by Gasteiger charge is -2.14. The van der Waals surface area contributed by atoms with E-state index >= 15 is 0 Å². The van der Waals surface area contributed by atoms with Crippen molar-refractivity contribution in [2.24, 2.45) is 5.41 Å². The van der Waals surface area contributed by atoms with Crippen LogP contribution in [0.15, 0.2) is 0 Å². The number of alkyl halides is 1. The molecule has 86 valence electrons. The lowest BCUT2D eigenvalue weighted by molar-refractivity contribution is -0.117. The van der Waals surface area contributed by atoms with Crippen LogP contribution >= 0.6 is 11.6 Å². The Morgan fingerprint density at radius 2 is 2.07 bits per heavy atom. The fraction of sp³-hybridized carbons (Fsp3) is 0.800. The van der Waals surface area contributed by atoms with Gasteiger partial charge in [-0.15, -0.1) is 11.6 Å². The van der Waals surface area contributed by atoms with Gasteiger partial charge in [-0.3, -0.25) is 10.1 Å². The number of carbonyl (C=O) groups is 2. The summed E-state index contributed by atoms with van der Waals surface area (Å²) in [6, 6.07) is -0.442. The van der Waals surface area contributed by atoms with E-state index in [1.54, 1.807) is 0 Å². The number of imide groups is 1. The van der Waals surface area contributed by atoms with E-state index in [0.29, 0.717) is 12.0 Å². The van der Waals surface area contributed by atoms with E-state index in [-0.39, 0.29) is 5.88 Å². The minimum absolute atomic E-state index is 0.187. The zero-order chi connectivity index (χ0) is 11.3. The average molecular weight is 233 g/mol. The topological polar surface area (TPSA) is 58.2 Å². The molecule has 1 aliphatic carbocycles. The predicted octanol–water partition coefficient (Wildman–Crippen LogP) is 1.63. The van der Waals surface area contributed by atoms with Crippen molar-refractivity contribution in [3.05, 3.63) is 0 Å². The molecule has 1 aliphatic rings. The van der Waals surface area contributed by atoms with Gasteiger partial charge in [-0.25, -0.2) is 4.79 Å². The molecular weight excluding hydrogens is 216 g/mol. The van der Waals surface area contributed by atoms with Crippen molar-refractivity contribution in [1.29, 1.82) is 0 Å². The van der Waals surface area contributed by atoms with Crippen LogP contribution in [0.4, 0.5) is 4.79 Å². The summed E-state index contributed by atoms with van der Waals surface area (Å²) in [5, 5.41) is 4.86. The van der Waals surface area contributed by atoms with E-state index in [4.69, 9.17) is 11.6 Å². The summed E-state index contributed by atoms with van der Waals surface area (Å²) in [4.78, 5) is 22.0. The maximum absolute atomic E-state index is 11.2. The minimum atomic E-state index is -0.463. The smallest absolute Gasteiger partial charge is 0.321 e. The second kappa shape index (κ2) is 5.35. The number of nitrogens with one attached hydrogen (secondary N) is 2. The summed E-state index contributed by atoms with van der Waals surface area (Å²) < 4.78 is 0. The molecule has 4 nitrogen and oxygen atoms in total. The molecule has 0 aromatic heterocycles. The van der Waals surface area contributed by atoms with Crippen molar-refractivity contribution >= 4 is 23.5 Å². The van der Waals surface area contributed by atoms with E-state index in [0.717, 1.165) is 12.8 Å². The van der Waals surface area contributed by atoms with Gasteiger partial charge in [0.15, 0.2) is 0 Å². The highest BCUT2D eigenvalue weighted by atomic mass is 35.5. The molecule has 0 unspecified atom stereocenters. The molecule has 0 atom stereocenters. The van der Waals surface area contributed by atoms with Crippen LogP contribution in [-0.2, 0) is 4.79 Å². The van der Waals surface area contributed by atoms with E-state index < -0.39 is 11.9 Å². The summed E-state index contributed by atoms with van der Waals surface area (Å²) >= 11 is 5.26. The quantitative estimate of drug-likeness (QED) is 0.708. The van der Waals surface area contributed by atoms with Crippen LogP contribution in [0.1, 0.15) is 32.6 Å². The molecule has 1 saturated carbocycles. The molecule has 0 aromatic carbocycles. The summed E-state index contributed by atoms with van der Waals surface area (Å²) in [5.74, 6) is -0.650. The van der Waals surface area contributed by atoms with E-state index in [1.807, 2.05) is 0 Å². The Balaban J connectivity index is 2.19. The van der Waals surface area contributed by atoms with Gasteiger partial charge in [0.2, 0.25) is 5.91 Å². The number of carbonyl (C=O) groups excluding carboxylic acids is 2. The van der Waals surface area contributed by atoms with Crippen molar-refractivity contribution in [2.75, 3.05) is 12.4 Å². The molecular formula is C10H17ClN2O2. The molecule has 1 fully saturated rings. The van der Waals surface area contributed by atoms with Crippen LogP contribution in [0.2, 0.25) is 0 Å². The van der Waals surface area contributed by atoms with Gasteiger partial charge in [-0.1, -0.05) is 13.3 Å². The molecule has 0 spiro atoms. The van der Waals surface area contributed by atoms with Crippen molar-refractivity contribution < 1.29 is 9.59 Å². The summed E-state index contributed by atoms with van der Waals surface area (Å²) in [5.41, 5.74) is 0.302. The van der Waals surface area contributed by atoms with Crippen LogP contribution in [0, 0.1) is 5.41 Å². The number of urea groups is 1. The number of amides is 3. The zero-order valence-electron chi connectivity index (χ0n) is 8.94. The Morgan fingerprint density at radius 1 is 1.40 bits per heavy atom. The number of hydrogen-bond acceptors (Lipinski definition) is 2. The van der Waals surface area contributed by atoms with Gasteiger partial charge >= 0.3 is 6.03 Å². The molecule has 3 amide bonds. The molecule has 2 N–H and O–H groups in total. The Bertz CT molecular complexity index is 252. The van der Waals surface area contributed by atoms with Crippen molar-refractivity contribution in [1.82, 2.24) is 10.6 Å². The first-order chi connectivity index (χ1) is 7.12. The van der Waals surface area contributed by atoms with Gasteiger partial charge in [-0.2, -0.15) is 0 Å². The first-order valence-electron chi connectivity index (χ1n) is 5.25. The fourth-order valence-electron chi connectivity index (χ4n) is 1.69. The van der Waals surface area contributed by atoms with Gasteiger partial charge in [-0.05, 0) is 24.7 Å². The molecule has 0 aliphatic heterocycles. The Morgan fingerprint density at radius 3 is 2.53 bits per heavy atom. The van der Waals surface area contributed by atoms with Crippen LogP contribution in [-0.4, -0.2) is 24.4 Å². The first kappa shape index (κ1) is 12.3. The van der Waals surface area contributed by atoms with Crippen LogP contribution in [0.3, 0.4) is 0 Å². The first-order valence-corrected chi connectivity index (χ1v) is 5.79. The van der Waals surface area contributed by atoms with Crippen molar-refractivity contribution in [3.63, 3.8) is 0 Å². The average Bonchev–Trinajstić information content (AvgIpc) is 2.96. The third-order valence-electron chi connectivity index (χ3n) is 2.74. The standard InChI is InChI=1S/C10H17ClN2O2/c1-2-3-10(4-5-10)7-12-9(15)13-8(14)6-11/h2-7H2,1H3,(H2,12,13,14,15). The van der Waals surface area contributed by atoms with Crippen molar-refractivity contribution in [3.8, 4) is 0 Å². The molecule has 15 heavy (non-hydrogen) atoms. The molecule has 1 rings (SSSR count). The van der Waals surface area contributed by atoms with Crippen molar-refractivity contribution in [2.45, 2.75) is 32.6 Å². The van der Waals surface area contributed by atoms with Crippen LogP contribution in [0.25, 0.3) is 0 Å². The fourth-order valence-corrected chi connectivity index (χ4v) is 1.76. The molecule has 0 heterocycles. The Kier molecular flexibility index (Phi) is 4.39. The normalized spacial score (nSPS) is 16.9. The second-order valence-corrected chi connectivity index (χ2v) is 4.38. The summed E-state index contributed by atoms with van der Waals surface area (Å²) in [6.45, 7) is 2.79. The maximum atomic E-state index is 11.2. The van der Waals surface area contributed by atoms with Gasteiger partial charge in [0, 0.05) is 6.54 Å². The largest absolute Gasteiger partial charge is 0.337 e. The highest BCUT2D eigenvalue weighted by molar-refractivity contribution is 6.28. The molecule has 0 aromatic rings. The summed E-state index contributed by atoms with van der Waals surface area (Å²) in [6.07, 6.45) is 4.61. The third kappa shape index (κ3) is 4.08. The number of rotatable bonds is 5. The third-order valence-corrected chi connectivity index (χ3v) is 2.98. The van der Waals surface area contributed by atoms with E-state index in [2.05, 4.69) is 17.6 Å². The van der Waals surface area contributed by atoms with Crippen LogP contribution < -0.4 is 10.6 Å². The van der Waals surface area contributed by atoms with Crippen LogP contribution in [0.5, 0.6) is 0 Å². The molecule has 0 bridgehead atoms.